The Balaban J connectivity index is 2.08. The van der Waals surface area contributed by atoms with Gasteiger partial charge in [0.25, 0.3) is 5.91 Å². The fraction of sp³-hybridized carbons (Fsp3) is 0.125. The van der Waals surface area contributed by atoms with Gasteiger partial charge in [-0.2, -0.15) is 0 Å². The number of carbonyl (C=O) groups excluding carboxylic acids is 2. The van der Waals surface area contributed by atoms with E-state index in [0.717, 1.165) is 6.26 Å². The second-order valence-electron chi connectivity index (χ2n) is 5.17. The summed E-state index contributed by atoms with van der Waals surface area (Å²) in [7, 11) is -3.34. The third-order valence-electron chi connectivity index (χ3n) is 2.89. The van der Waals surface area contributed by atoms with Gasteiger partial charge in [0.05, 0.1) is 6.26 Å². The monoisotopic (exact) mass is 347 g/mol. The number of carbonyl (C=O) groups is 2. The molecule has 0 aromatic heterocycles. The average Bonchev–Trinajstić information content (AvgIpc) is 2.47. The van der Waals surface area contributed by atoms with Crippen molar-refractivity contribution in [3.8, 4) is 0 Å². The Morgan fingerprint density at radius 3 is 2.08 bits per heavy atom. The van der Waals surface area contributed by atoms with Crippen LogP contribution in [-0.2, 0) is 14.8 Å². The van der Waals surface area contributed by atoms with Crippen molar-refractivity contribution in [1.29, 1.82) is 0 Å². The highest BCUT2D eigenvalue weighted by Gasteiger charge is 2.08. The van der Waals surface area contributed by atoms with Crippen LogP contribution in [0.2, 0.25) is 0 Å². The molecule has 2 rings (SSSR count). The van der Waals surface area contributed by atoms with Crippen molar-refractivity contribution >= 4 is 38.9 Å². The van der Waals surface area contributed by atoms with Crippen LogP contribution >= 0.6 is 0 Å². The van der Waals surface area contributed by atoms with Gasteiger partial charge in [-0.3, -0.25) is 14.3 Å². The smallest absolute Gasteiger partial charge is 0.255 e. The molecule has 7 nitrogen and oxygen atoms in total. The van der Waals surface area contributed by atoms with Crippen molar-refractivity contribution in [2.24, 2.45) is 0 Å². The molecule has 126 valence electrons. The van der Waals surface area contributed by atoms with E-state index in [0.29, 0.717) is 22.6 Å². The summed E-state index contributed by atoms with van der Waals surface area (Å²) in [5.41, 5.74) is 1.84. The first-order chi connectivity index (χ1) is 11.2. The number of sulfonamides is 1. The van der Waals surface area contributed by atoms with E-state index in [1.165, 1.54) is 6.92 Å². The number of amides is 2. The normalized spacial score (nSPS) is 10.8. The number of hydrogen-bond acceptors (Lipinski definition) is 4. The van der Waals surface area contributed by atoms with Gasteiger partial charge in [-0.1, -0.05) is 6.07 Å². The number of rotatable bonds is 5. The highest BCUT2D eigenvalue weighted by molar-refractivity contribution is 7.92. The fourth-order valence-electron chi connectivity index (χ4n) is 1.98. The van der Waals surface area contributed by atoms with Gasteiger partial charge in [0.15, 0.2) is 0 Å². The lowest BCUT2D eigenvalue weighted by Crippen LogP contribution is -2.13. The van der Waals surface area contributed by atoms with Crippen molar-refractivity contribution in [3.63, 3.8) is 0 Å². The Hall–Kier alpha value is -2.87. The maximum Gasteiger partial charge on any atom is 0.255 e. The van der Waals surface area contributed by atoms with E-state index in [9.17, 15) is 18.0 Å². The lowest BCUT2D eigenvalue weighted by molar-refractivity contribution is -0.114. The van der Waals surface area contributed by atoms with Crippen molar-refractivity contribution < 1.29 is 18.0 Å². The number of anilines is 3. The maximum absolute atomic E-state index is 12.2. The third-order valence-corrected chi connectivity index (χ3v) is 3.50. The topological polar surface area (TPSA) is 104 Å². The summed E-state index contributed by atoms with van der Waals surface area (Å²) in [4.78, 5) is 23.3. The second-order valence-corrected chi connectivity index (χ2v) is 6.92. The minimum absolute atomic E-state index is 0.221. The van der Waals surface area contributed by atoms with Gasteiger partial charge >= 0.3 is 0 Å². The zero-order valence-corrected chi connectivity index (χ0v) is 14.0. The van der Waals surface area contributed by atoms with E-state index >= 15 is 0 Å². The summed E-state index contributed by atoms with van der Waals surface area (Å²) in [6, 6.07) is 12.8. The van der Waals surface area contributed by atoms with E-state index in [1.807, 2.05) is 0 Å². The highest BCUT2D eigenvalue weighted by Crippen LogP contribution is 2.17. The number of nitrogens with one attached hydrogen (secondary N) is 3. The van der Waals surface area contributed by atoms with Crippen LogP contribution in [0.25, 0.3) is 0 Å². The zero-order chi connectivity index (χ0) is 17.7. The van der Waals surface area contributed by atoms with Crippen molar-refractivity contribution in [2.75, 3.05) is 21.6 Å². The Morgan fingerprint density at radius 2 is 1.50 bits per heavy atom. The standard InChI is InChI=1S/C16H17N3O4S/c1-11(20)17-15-5-3-4-12(10-15)16(21)18-13-6-8-14(9-7-13)19-24(2,22)23/h3-10,19H,1-2H3,(H,17,20)(H,18,21). The van der Waals surface area contributed by atoms with Crippen LogP contribution in [0.3, 0.4) is 0 Å². The van der Waals surface area contributed by atoms with Crippen LogP contribution in [0.4, 0.5) is 17.1 Å². The Labute approximate surface area is 140 Å². The van der Waals surface area contributed by atoms with Crippen molar-refractivity contribution in [1.82, 2.24) is 0 Å². The zero-order valence-electron chi connectivity index (χ0n) is 13.2. The summed E-state index contributed by atoms with van der Waals surface area (Å²) in [5, 5.41) is 5.31. The van der Waals surface area contributed by atoms with Crippen LogP contribution in [0.5, 0.6) is 0 Å². The molecule has 24 heavy (non-hydrogen) atoms. The predicted octanol–water partition coefficient (Wildman–Crippen LogP) is 2.27. The Bertz CT molecular complexity index is 861. The second kappa shape index (κ2) is 7.14. The molecule has 3 N–H and O–H groups in total. The molecule has 0 bridgehead atoms. The average molecular weight is 347 g/mol. The molecule has 0 saturated heterocycles. The summed E-state index contributed by atoms with van der Waals surface area (Å²) in [5.74, 6) is -0.562. The molecule has 0 aliphatic rings. The van der Waals surface area contributed by atoms with Gasteiger partial charge in [-0.25, -0.2) is 8.42 Å². The van der Waals surface area contributed by atoms with Gasteiger partial charge in [-0.15, -0.1) is 0 Å². The van der Waals surface area contributed by atoms with Crippen molar-refractivity contribution in [3.05, 3.63) is 54.1 Å². The minimum Gasteiger partial charge on any atom is -0.326 e. The Morgan fingerprint density at radius 1 is 0.875 bits per heavy atom. The molecule has 0 atom stereocenters. The van der Waals surface area contributed by atoms with Gasteiger partial charge in [-0.05, 0) is 42.5 Å². The van der Waals surface area contributed by atoms with E-state index < -0.39 is 10.0 Å². The third kappa shape index (κ3) is 5.40. The van der Waals surface area contributed by atoms with Crippen molar-refractivity contribution in [2.45, 2.75) is 6.92 Å². The van der Waals surface area contributed by atoms with Crippen LogP contribution in [0, 0.1) is 0 Å². The van der Waals surface area contributed by atoms with Crippen LogP contribution < -0.4 is 15.4 Å². The molecular weight excluding hydrogens is 330 g/mol. The molecule has 2 aromatic carbocycles. The van der Waals surface area contributed by atoms with E-state index in [4.69, 9.17) is 0 Å². The molecule has 0 aliphatic carbocycles. The molecule has 0 fully saturated rings. The molecule has 8 heteroatoms. The Kier molecular flexibility index (Phi) is 5.20. The molecule has 2 aromatic rings. The molecule has 0 unspecified atom stereocenters. The first-order valence-electron chi connectivity index (χ1n) is 7.00. The molecule has 0 radical (unpaired) electrons. The first kappa shape index (κ1) is 17.5. The quantitative estimate of drug-likeness (QED) is 0.771. The van der Waals surface area contributed by atoms with Crippen LogP contribution in [0.1, 0.15) is 17.3 Å². The number of benzene rings is 2. The summed E-state index contributed by atoms with van der Waals surface area (Å²) < 4.78 is 24.6. The lowest BCUT2D eigenvalue weighted by atomic mass is 10.2. The van der Waals surface area contributed by atoms with Crippen LogP contribution in [-0.4, -0.2) is 26.5 Å². The number of hydrogen-bond donors (Lipinski definition) is 3. The summed E-state index contributed by atoms with van der Waals surface area (Å²) in [6.07, 6.45) is 1.06. The molecule has 0 saturated carbocycles. The first-order valence-corrected chi connectivity index (χ1v) is 8.89. The van der Waals surface area contributed by atoms with E-state index in [2.05, 4.69) is 15.4 Å². The SMILES string of the molecule is CC(=O)Nc1cccc(C(=O)Nc2ccc(NS(C)(=O)=O)cc2)c1. The predicted molar refractivity (Wildman–Crippen MR) is 93.6 cm³/mol. The summed E-state index contributed by atoms with van der Waals surface area (Å²) >= 11 is 0. The molecule has 2 amide bonds. The minimum atomic E-state index is -3.34. The van der Waals surface area contributed by atoms with Gasteiger partial charge < -0.3 is 10.6 Å². The maximum atomic E-state index is 12.2. The molecule has 0 aliphatic heterocycles. The largest absolute Gasteiger partial charge is 0.326 e. The molecular formula is C16H17N3O4S. The summed E-state index contributed by atoms with van der Waals surface area (Å²) in [6.45, 7) is 1.39. The molecule has 0 heterocycles. The van der Waals surface area contributed by atoms with Gasteiger partial charge in [0.2, 0.25) is 15.9 Å². The molecule has 0 spiro atoms. The van der Waals surface area contributed by atoms with Gasteiger partial charge in [0, 0.05) is 29.5 Å². The van der Waals surface area contributed by atoms with E-state index in [-0.39, 0.29) is 11.8 Å². The van der Waals surface area contributed by atoms with E-state index in [1.54, 1.807) is 48.5 Å². The van der Waals surface area contributed by atoms with Gasteiger partial charge in [0.1, 0.15) is 0 Å². The fourth-order valence-corrected chi connectivity index (χ4v) is 2.54. The highest BCUT2D eigenvalue weighted by atomic mass is 32.2. The lowest BCUT2D eigenvalue weighted by Gasteiger charge is -2.09. The van der Waals surface area contributed by atoms with Crippen LogP contribution in [0.15, 0.2) is 48.5 Å².